The van der Waals surface area contributed by atoms with E-state index in [-0.39, 0.29) is 37.1 Å². The first kappa shape index (κ1) is 19.8. The van der Waals surface area contributed by atoms with Crippen molar-refractivity contribution in [2.24, 2.45) is 5.92 Å². The number of carbonyl (C=O) groups excluding carboxylic acids is 2. The summed E-state index contributed by atoms with van der Waals surface area (Å²) in [5, 5.41) is 15.8. The number of nitrogens with one attached hydrogen (secondary N) is 1. The number of benzene rings is 1. The third-order valence-corrected chi connectivity index (χ3v) is 5.31. The average Bonchev–Trinajstić information content (AvgIpc) is 3.27. The van der Waals surface area contributed by atoms with Gasteiger partial charge in [-0.25, -0.2) is 18.0 Å². The van der Waals surface area contributed by atoms with Crippen LogP contribution < -0.4 is 10.2 Å². The third kappa shape index (κ3) is 3.34. The molecule has 0 radical (unpaired) electrons. The topological polar surface area (TPSA) is 94.3 Å². The second kappa shape index (κ2) is 7.37. The number of aromatic nitrogens is 2. The highest BCUT2D eigenvalue weighted by atomic mass is 19.2. The monoisotopic (exact) mass is 418 g/mol. The molecule has 3 amide bonds. The fraction of sp³-hybridized carbons (Fsp3) is 0.368. The van der Waals surface area contributed by atoms with Gasteiger partial charge in [-0.2, -0.15) is 10.4 Å². The standard InChI is InChI=1S/C19H17F3N6O2/c1-10-7-28-16(15(6-24-28)27-8-11(5-23)2-17(27)29)9-26(10)19(30)25-12-3-13(20)18(22)14(21)4-12/h3-4,6,10-11H,2,7-9H2,1H3,(H,25,30)/t10-,11-/m0/s1. The van der Waals surface area contributed by atoms with Crippen LogP contribution in [0.2, 0.25) is 0 Å². The summed E-state index contributed by atoms with van der Waals surface area (Å²) in [6.45, 7) is 2.47. The smallest absolute Gasteiger partial charge is 0.314 e. The van der Waals surface area contributed by atoms with E-state index in [0.717, 1.165) is 0 Å². The summed E-state index contributed by atoms with van der Waals surface area (Å²) < 4.78 is 41.7. The highest BCUT2D eigenvalue weighted by Gasteiger charge is 2.36. The lowest BCUT2D eigenvalue weighted by atomic mass is 10.1. The number of anilines is 2. The largest absolute Gasteiger partial charge is 0.322 e. The van der Waals surface area contributed by atoms with Gasteiger partial charge >= 0.3 is 6.03 Å². The Labute approximate surface area is 169 Å². The van der Waals surface area contributed by atoms with Crippen LogP contribution in [0.3, 0.4) is 0 Å². The summed E-state index contributed by atoms with van der Waals surface area (Å²) in [4.78, 5) is 27.9. The van der Waals surface area contributed by atoms with Crippen molar-refractivity contribution in [3.63, 3.8) is 0 Å². The van der Waals surface area contributed by atoms with Gasteiger partial charge in [0, 0.05) is 30.8 Å². The average molecular weight is 418 g/mol. The van der Waals surface area contributed by atoms with Crippen molar-refractivity contribution in [2.75, 3.05) is 16.8 Å². The molecule has 2 aromatic rings. The molecule has 4 rings (SSSR count). The molecule has 2 atom stereocenters. The lowest BCUT2D eigenvalue weighted by molar-refractivity contribution is -0.117. The Hall–Kier alpha value is -3.55. The van der Waals surface area contributed by atoms with E-state index in [1.807, 2.05) is 0 Å². The number of nitriles is 1. The van der Waals surface area contributed by atoms with Crippen LogP contribution in [0.15, 0.2) is 18.3 Å². The number of hydrogen-bond donors (Lipinski definition) is 1. The number of carbonyl (C=O) groups is 2. The molecule has 3 heterocycles. The van der Waals surface area contributed by atoms with Crippen LogP contribution in [-0.2, 0) is 17.9 Å². The van der Waals surface area contributed by atoms with Gasteiger partial charge in [0.2, 0.25) is 5.91 Å². The van der Waals surface area contributed by atoms with Gasteiger partial charge < -0.3 is 15.1 Å². The Morgan fingerprint density at radius 2 is 1.97 bits per heavy atom. The maximum Gasteiger partial charge on any atom is 0.322 e. The fourth-order valence-electron chi connectivity index (χ4n) is 3.73. The van der Waals surface area contributed by atoms with E-state index in [0.29, 0.717) is 30.1 Å². The molecule has 0 saturated carbocycles. The maximum absolute atomic E-state index is 13.4. The van der Waals surface area contributed by atoms with E-state index < -0.39 is 29.4 Å². The molecular weight excluding hydrogens is 401 g/mol. The molecule has 1 aromatic carbocycles. The zero-order valence-corrected chi connectivity index (χ0v) is 15.9. The van der Waals surface area contributed by atoms with Crippen molar-refractivity contribution < 1.29 is 22.8 Å². The van der Waals surface area contributed by atoms with E-state index in [1.165, 1.54) is 16.0 Å². The second-order valence-electron chi connectivity index (χ2n) is 7.35. The zero-order chi connectivity index (χ0) is 21.6. The van der Waals surface area contributed by atoms with Gasteiger partial charge in [-0.3, -0.25) is 9.48 Å². The molecular formula is C19H17F3N6O2. The molecule has 156 valence electrons. The Bertz CT molecular complexity index is 1060. The zero-order valence-electron chi connectivity index (χ0n) is 15.9. The Morgan fingerprint density at radius 3 is 2.60 bits per heavy atom. The SMILES string of the molecule is C[C@H]1Cn2ncc(N3C[C@H](C#N)CC3=O)c2CN1C(=O)Nc1cc(F)c(F)c(F)c1. The van der Waals surface area contributed by atoms with E-state index in [4.69, 9.17) is 5.26 Å². The minimum atomic E-state index is -1.61. The third-order valence-electron chi connectivity index (χ3n) is 5.31. The lowest BCUT2D eigenvalue weighted by Gasteiger charge is -2.35. The van der Waals surface area contributed by atoms with Gasteiger partial charge in [-0.15, -0.1) is 0 Å². The van der Waals surface area contributed by atoms with Crippen molar-refractivity contribution in [1.82, 2.24) is 14.7 Å². The maximum atomic E-state index is 13.4. The summed E-state index contributed by atoms with van der Waals surface area (Å²) in [6.07, 6.45) is 1.66. The van der Waals surface area contributed by atoms with Crippen molar-refractivity contribution in [3.05, 3.63) is 41.5 Å². The predicted molar refractivity (Wildman–Crippen MR) is 98.6 cm³/mol. The number of halogens is 3. The lowest BCUT2D eigenvalue weighted by Crippen LogP contribution is -2.47. The number of nitrogens with zero attached hydrogens (tertiary/aromatic N) is 5. The fourth-order valence-corrected chi connectivity index (χ4v) is 3.73. The molecule has 0 aliphatic carbocycles. The van der Waals surface area contributed by atoms with Crippen molar-refractivity contribution >= 4 is 23.3 Å². The predicted octanol–water partition coefficient (Wildman–Crippen LogP) is 2.61. The molecule has 2 aliphatic heterocycles. The Morgan fingerprint density at radius 1 is 1.27 bits per heavy atom. The molecule has 1 aromatic heterocycles. The molecule has 2 aliphatic rings. The van der Waals surface area contributed by atoms with Crippen LogP contribution in [0, 0.1) is 34.7 Å². The number of urea groups is 1. The van der Waals surface area contributed by atoms with Crippen LogP contribution in [0.1, 0.15) is 19.0 Å². The molecule has 11 heteroatoms. The molecule has 0 spiro atoms. The Kier molecular flexibility index (Phi) is 4.85. The minimum absolute atomic E-state index is 0.0928. The molecule has 1 N–H and O–H groups in total. The number of hydrogen-bond acceptors (Lipinski definition) is 4. The van der Waals surface area contributed by atoms with E-state index in [9.17, 15) is 22.8 Å². The van der Waals surface area contributed by atoms with Crippen molar-refractivity contribution in [3.8, 4) is 6.07 Å². The Balaban J connectivity index is 1.56. The van der Waals surface area contributed by atoms with E-state index in [2.05, 4.69) is 16.5 Å². The van der Waals surface area contributed by atoms with Crippen LogP contribution in [-0.4, -0.2) is 39.2 Å². The van der Waals surface area contributed by atoms with Gasteiger partial charge in [0.05, 0.1) is 48.7 Å². The quantitative estimate of drug-likeness (QED) is 0.759. The van der Waals surface area contributed by atoms with Gasteiger partial charge in [0.25, 0.3) is 0 Å². The van der Waals surface area contributed by atoms with Crippen molar-refractivity contribution in [2.45, 2.75) is 32.5 Å². The van der Waals surface area contributed by atoms with Crippen LogP contribution in [0.25, 0.3) is 0 Å². The summed E-state index contributed by atoms with van der Waals surface area (Å²) in [5.41, 5.74) is 0.933. The highest BCUT2D eigenvalue weighted by Crippen LogP contribution is 2.31. The van der Waals surface area contributed by atoms with Gasteiger partial charge in [0.1, 0.15) is 0 Å². The van der Waals surface area contributed by atoms with Crippen LogP contribution >= 0.6 is 0 Å². The van der Waals surface area contributed by atoms with E-state index >= 15 is 0 Å². The van der Waals surface area contributed by atoms with Crippen molar-refractivity contribution in [1.29, 1.82) is 5.26 Å². The number of fused-ring (bicyclic) bond motifs is 1. The first-order chi connectivity index (χ1) is 14.3. The van der Waals surface area contributed by atoms with Gasteiger partial charge in [-0.05, 0) is 6.92 Å². The van der Waals surface area contributed by atoms with Gasteiger partial charge in [0.15, 0.2) is 17.5 Å². The normalized spacial score (nSPS) is 20.8. The van der Waals surface area contributed by atoms with Crippen LogP contribution in [0.4, 0.5) is 29.3 Å². The summed E-state index contributed by atoms with van der Waals surface area (Å²) in [5.74, 6) is -5.02. The van der Waals surface area contributed by atoms with E-state index in [1.54, 1.807) is 11.6 Å². The second-order valence-corrected chi connectivity index (χ2v) is 7.35. The van der Waals surface area contributed by atoms with Gasteiger partial charge in [-0.1, -0.05) is 0 Å². The molecule has 8 nitrogen and oxygen atoms in total. The minimum Gasteiger partial charge on any atom is -0.314 e. The summed E-state index contributed by atoms with van der Waals surface area (Å²) in [7, 11) is 0. The number of amides is 3. The first-order valence-corrected chi connectivity index (χ1v) is 9.25. The first-order valence-electron chi connectivity index (χ1n) is 9.25. The molecule has 0 bridgehead atoms. The molecule has 1 fully saturated rings. The van der Waals surface area contributed by atoms with Crippen LogP contribution in [0.5, 0.6) is 0 Å². The molecule has 1 saturated heterocycles. The summed E-state index contributed by atoms with van der Waals surface area (Å²) in [6, 6.07) is 2.55. The number of rotatable bonds is 2. The molecule has 0 unspecified atom stereocenters. The molecule has 30 heavy (non-hydrogen) atoms. The summed E-state index contributed by atoms with van der Waals surface area (Å²) >= 11 is 0. The highest BCUT2D eigenvalue weighted by molar-refractivity contribution is 5.96.